The van der Waals surface area contributed by atoms with Crippen LogP contribution in [0.3, 0.4) is 0 Å². The highest BCUT2D eigenvalue weighted by Gasteiger charge is 2.85. The van der Waals surface area contributed by atoms with Crippen LogP contribution in [0.4, 0.5) is 0 Å². The van der Waals surface area contributed by atoms with E-state index in [-0.39, 0.29) is 10.8 Å². The summed E-state index contributed by atoms with van der Waals surface area (Å²) in [6.45, 7) is 9.51. The Bertz CT molecular complexity index is 379. The molecular formula is C14H22O4. The van der Waals surface area contributed by atoms with Crippen LogP contribution >= 0.6 is 0 Å². The van der Waals surface area contributed by atoms with E-state index in [1.807, 2.05) is 0 Å². The average molecular weight is 254 g/mol. The van der Waals surface area contributed by atoms with Crippen molar-refractivity contribution >= 4 is 0 Å². The Morgan fingerprint density at radius 1 is 0.833 bits per heavy atom. The molecule has 2 aliphatic heterocycles. The van der Waals surface area contributed by atoms with Gasteiger partial charge in [-0.05, 0) is 18.3 Å². The van der Waals surface area contributed by atoms with Gasteiger partial charge in [0.15, 0.2) is 0 Å². The van der Waals surface area contributed by atoms with Crippen molar-refractivity contribution in [2.24, 2.45) is 16.7 Å². The van der Waals surface area contributed by atoms with Gasteiger partial charge in [-0.1, -0.05) is 20.8 Å². The summed E-state index contributed by atoms with van der Waals surface area (Å²) in [6, 6.07) is 0. The third-order valence-electron chi connectivity index (χ3n) is 6.28. The maximum Gasteiger partial charge on any atom is 0.230 e. The Labute approximate surface area is 108 Å². The van der Waals surface area contributed by atoms with Crippen molar-refractivity contribution in [2.75, 3.05) is 26.4 Å². The van der Waals surface area contributed by atoms with Crippen LogP contribution in [0, 0.1) is 16.7 Å². The zero-order valence-corrected chi connectivity index (χ0v) is 11.5. The van der Waals surface area contributed by atoms with Crippen LogP contribution in [0.2, 0.25) is 0 Å². The number of ether oxygens (including phenoxy) is 4. The molecule has 0 N–H and O–H groups in total. The molecule has 4 nitrogen and oxygen atoms in total. The highest BCUT2D eigenvalue weighted by molar-refractivity contribution is 5.25. The van der Waals surface area contributed by atoms with E-state index < -0.39 is 11.6 Å². The number of hydrogen-bond donors (Lipinski definition) is 0. The molecule has 102 valence electrons. The first-order chi connectivity index (χ1) is 8.50. The third kappa shape index (κ3) is 0.883. The molecule has 4 fully saturated rings. The molecule has 2 saturated heterocycles. The lowest BCUT2D eigenvalue weighted by Gasteiger charge is -2.49. The van der Waals surface area contributed by atoms with Gasteiger partial charge in [-0.15, -0.1) is 0 Å². The predicted molar refractivity (Wildman–Crippen MR) is 63.9 cm³/mol. The molecule has 2 atom stereocenters. The Hall–Kier alpha value is -0.160. The molecule has 0 aromatic rings. The Kier molecular flexibility index (Phi) is 2.01. The molecular weight excluding hydrogens is 232 g/mol. The summed E-state index contributed by atoms with van der Waals surface area (Å²) in [5.74, 6) is -1.00. The molecule has 18 heavy (non-hydrogen) atoms. The number of fused-ring (bicyclic) bond motifs is 5. The molecule has 0 unspecified atom stereocenters. The van der Waals surface area contributed by atoms with Gasteiger partial charge in [0.05, 0.1) is 26.4 Å². The molecule has 2 heterocycles. The van der Waals surface area contributed by atoms with Crippen molar-refractivity contribution < 1.29 is 18.9 Å². The van der Waals surface area contributed by atoms with Gasteiger partial charge >= 0.3 is 0 Å². The van der Waals surface area contributed by atoms with E-state index in [1.54, 1.807) is 0 Å². The fourth-order valence-electron chi connectivity index (χ4n) is 5.12. The van der Waals surface area contributed by atoms with Gasteiger partial charge in [0.2, 0.25) is 11.6 Å². The number of rotatable bonds is 0. The van der Waals surface area contributed by atoms with E-state index >= 15 is 0 Å². The molecule has 4 rings (SSSR count). The van der Waals surface area contributed by atoms with Crippen LogP contribution < -0.4 is 0 Å². The van der Waals surface area contributed by atoms with Crippen molar-refractivity contribution in [3.05, 3.63) is 0 Å². The zero-order valence-electron chi connectivity index (χ0n) is 11.5. The SMILES string of the molecule is CC1(C)[C@@H]2CC[C@@]1(C)C1(OCCO1)C21OCCO1. The van der Waals surface area contributed by atoms with Gasteiger partial charge in [0.1, 0.15) is 0 Å². The quantitative estimate of drug-likeness (QED) is 0.662. The maximum absolute atomic E-state index is 6.14. The lowest BCUT2D eigenvalue weighted by atomic mass is 9.68. The van der Waals surface area contributed by atoms with Gasteiger partial charge in [-0.3, -0.25) is 0 Å². The standard InChI is InChI=1S/C14H22O4/c1-11(2)10-4-5-12(11,3)14(17-8-9-18-14)13(10)15-6-7-16-13/h10H,4-9H2,1-3H3/t10-,12+/m0/s1. The van der Waals surface area contributed by atoms with Crippen LogP contribution in [0.15, 0.2) is 0 Å². The normalized spacial score (nSPS) is 46.5. The summed E-state index contributed by atoms with van der Waals surface area (Å²) in [5.41, 5.74) is 0.0766. The molecule has 2 bridgehead atoms. The van der Waals surface area contributed by atoms with Crippen LogP contribution in [0.1, 0.15) is 33.6 Å². The van der Waals surface area contributed by atoms with Crippen molar-refractivity contribution in [1.82, 2.24) is 0 Å². The van der Waals surface area contributed by atoms with Crippen LogP contribution in [-0.2, 0) is 18.9 Å². The van der Waals surface area contributed by atoms with Gasteiger partial charge in [0.25, 0.3) is 0 Å². The lowest BCUT2D eigenvalue weighted by molar-refractivity contribution is -0.381. The van der Waals surface area contributed by atoms with E-state index in [0.717, 1.165) is 12.8 Å². The first-order valence-electron chi connectivity index (χ1n) is 7.06. The minimum Gasteiger partial charge on any atom is -0.343 e. The second kappa shape index (κ2) is 3.11. The fourth-order valence-corrected chi connectivity index (χ4v) is 5.12. The van der Waals surface area contributed by atoms with Crippen molar-refractivity contribution in [1.29, 1.82) is 0 Å². The summed E-state index contributed by atoms with van der Waals surface area (Å²) in [5, 5.41) is 0. The molecule has 2 spiro atoms. The Morgan fingerprint density at radius 2 is 1.39 bits per heavy atom. The minimum absolute atomic E-state index is 0.0362. The van der Waals surface area contributed by atoms with Crippen molar-refractivity contribution in [3.63, 3.8) is 0 Å². The maximum atomic E-state index is 6.14. The molecule has 0 radical (unpaired) electrons. The van der Waals surface area contributed by atoms with Crippen LogP contribution in [0.25, 0.3) is 0 Å². The average Bonchev–Trinajstić information content (AvgIpc) is 3.00. The lowest BCUT2D eigenvalue weighted by Crippen LogP contribution is -2.63. The highest BCUT2D eigenvalue weighted by atomic mass is 16.8. The van der Waals surface area contributed by atoms with E-state index in [1.165, 1.54) is 0 Å². The van der Waals surface area contributed by atoms with Gasteiger partial charge in [0, 0.05) is 11.3 Å². The van der Waals surface area contributed by atoms with E-state index in [9.17, 15) is 0 Å². The Morgan fingerprint density at radius 3 is 2.00 bits per heavy atom. The summed E-state index contributed by atoms with van der Waals surface area (Å²) < 4.78 is 24.5. The second-order valence-electron chi connectivity index (χ2n) is 6.82. The zero-order chi connectivity index (χ0) is 12.6. The fraction of sp³-hybridized carbons (Fsp3) is 1.00. The van der Waals surface area contributed by atoms with Gasteiger partial charge in [-0.25, -0.2) is 0 Å². The van der Waals surface area contributed by atoms with E-state index in [0.29, 0.717) is 32.3 Å². The summed E-state index contributed by atoms with van der Waals surface area (Å²) in [7, 11) is 0. The molecule has 0 aromatic carbocycles. The topological polar surface area (TPSA) is 36.9 Å². The molecule has 4 heteroatoms. The van der Waals surface area contributed by atoms with Crippen molar-refractivity contribution in [3.8, 4) is 0 Å². The molecule has 4 aliphatic rings. The van der Waals surface area contributed by atoms with Gasteiger partial charge < -0.3 is 18.9 Å². The molecule has 0 aromatic heterocycles. The summed E-state index contributed by atoms with van der Waals surface area (Å²) >= 11 is 0. The smallest absolute Gasteiger partial charge is 0.230 e. The van der Waals surface area contributed by atoms with Gasteiger partial charge in [-0.2, -0.15) is 0 Å². The molecule has 2 saturated carbocycles. The van der Waals surface area contributed by atoms with Crippen LogP contribution in [0.5, 0.6) is 0 Å². The second-order valence-corrected chi connectivity index (χ2v) is 6.82. The molecule has 0 amide bonds. The third-order valence-corrected chi connectivity index (χ3v) is 6.28. The van der Waals surface area contributed by atoms with Crippen molar-refractivity contribution in [2.45, 2.75) is 45.2 Å². The summed E-state index contributed by atoms with van der Waals surface area (Å²) in [4.78, 5) is 0. The number of hydrogen-bond acceptors (Lipinski definition) is 4. The predicted octanol–water partition coefficient (Wildman–Crippen LogP) is 1.93. The van der Waals surface area contributed by atoms with E-state index in [2.05, 4.69) is 20.8 Å². The van der Waals surface area contributed by atoms with E-state index in [4.69, 9.17) is 18.9 Å². The first kappa shape index (κ1) is 11.6. The molecule has 2 aliphatic carbocycles. The minimum atomic E-state index is -0.692. The summed E-state index contributed by atoms with van der Waals surface area (Å²) in [6.07, 6.45) is 2.26. The monoisotopic (exact) mass is 254 g/mol. The highest BCUT2D eigenvalue weighted by Crippen LogP contribution is 2.76. The largest absolute Gasteiger partial charge is 0.343 e. The van der Waals surface area contributed by atoms with Crippen LogP contribution in [-0.4, -0.2) is 38.0 Å². The Balaban J connectivity index is 1.93. The first-order valence-corrected chi connectivity index (χ1v) is 7.06.